The van der Waals surface area contributed by atoms with Crippen LogP contribution in [0.15, 0.2) is 41.8 Å². The molecule has 0 saturated heterocycles. The molecule has 1 atom stereocenters. The summed E-state index contributed by atoms with van der Waals surface area (Å²) in [6, 6.07) is 10.4. The molecule has 3 aromatic heterocycles. The minimum absolute atomic E-state index is 0.00368. The molecule has 1 aliphatic carbocycles. The van der Waals surface area contributed by atoms with Crippen LogP contribution < -0.4 is 0 Å². The van der Waals surface area contributed by atoms with Crippen molar-refractivity contribution in [2.75, 3.05) is 0 Å². The molecular weight excluding hydrogens is 387 g/mol. The fourth-order valence-electron chi connectivity index (χ4n) is 4.01. The lowest BCUT2D eigenvalue weighted by atomic mass is 9.87. The second kappa shape index (κ2) is 6.84. The maximum atomic E-state index is 13.5. The molecule has 5 nitrogen and oxygen atoms in total. The number of hydrogen-bond acceptors (Lipinski definition) is 5. The number of ketones is 1. The van der Waals surface area contributed by atoms with Crippen molar-refractivity contribution < 1.29 is 9.18 Å². The van der Waals surface area contributed by atoms with E-state index in [1.165, 1.54) is 17.0 Å². The third-order valence-electron chi connectivity index (χ3n) is 5.42. The Hall–Kier alpha value is -2.93. The van der Waals surface area contributed by atoms with Gasteiger partial charge in [0, 0.05) is 23.6 Å². The Kier molecular flexibility index (Phi) is 4.28. The smallest absolute Gasteiger partial charge is 0.185 e. The molecule has 0 unspecified atom stereocenters. The molecule has 29 heavy (non-hydrogen) atoms. The summed E-state index contributed by atoms with van der Waals surface area (Å²) >= 11 is 1.67. The van der Waals surface area contributed by atoms with Gasteiger partial charge in [0.1, 0.15) is 5.82 Å². The Labute approximate surface area is 171 Å². The first-order valence-electron chi connectivity index (χ1n) is 9.63. The summed E-state index contributed by atoms with van der Waals surface area (Å²) in [6.45, 7) is 4.13. The van der Waals surface area contributed by atoms with Crippen LogP contribution in [-0.2, 0) is 6.42 Å². The lowest BCUT2D eigenvalue weighted by Gasteiger charge is -2.21. The number of carbonyl (C=O) groups is 1. The van der Waals surface area contributed by atoms with Crippen molar-refractivity contribution in [1.29, 1.82) is 0 Å². The monoisotopic (exact) mass is 406 g/mol. The van der Waals surface area contributed by atoms with Gasteiger partial charge in [-0.1, -0.05) is 32.0 Å². The van der Waals surface area contributed by atoms with E-state index in [9.17, 15) is 9.18 Å². The average Bonchev–Trinajstić information content (AvgIpc) is 3.36. The van der Waals surface area contributed by atoms with Crippen LogP contribution in [0.2, 0.25) is 0 Å². The number of Topliss-reactive ketones (excluding diaryl/α,β-unsaturated/α-hetero) is 1. The SMILES string of the molecule is CC(C)c1nn2c3c(nnc2c1-c1ccc(F)cc1)C(=O)C[C@@H](c1cccs1)C3. The summed E-state index contributed by atoms with van der Waals surface area (Å²) in [5, 5.41) is 15.5. The van der Waals surface area contributed by atoms with Crippen LogP contribution >= 0.6 is 11.3 Å². The second-order valence-corrected chi connectivity index (χ2v) is 8.68. The van der Waals surface area contributed by atoms with Gasteiger partial charge in [0.15, 0.2) is 17.1 Å². The molecule has 0 spiro atoms. The van der Waals surface area contributed by atoms with E-state index in [0.29, 0.717) is 24.2 Å². The van der Waals surface area contributed by atoms with Crippen LogP contribution in [-0.4, -0.2) is 25.6 Å². The molecule has 1 aliphatic rings. The predicted molar refractivity (Wildman–Crippen MR) is 110 cm³/mol. The minimum Gasteiger partial charge on any atom is -0.292 e. The lowest BCUT2D eigenvalue weighted by Crippen LogP contribution is -2.23. The topological polar surface area (TPSA) is 60.1 Å². The Balaban J connectivity index is 1.73. The van der Waals surface area contributed by atoms with Crippen LogP contribution in [0.3, 0.4) is 0 Å². The maximum absolute atomic E-state index is 13.5. The second-order valence-electron chi connectivity index (χ2n) is 7.70. The fraction of sp³-hybridized carbons (Fsp3) is 0.273. The van der Waals surface area contributed by atoms with Crippen LogP contribution in [0.4, 0.5) is 4.39 Å². The van der Waals surface area contributed by atoms with E-state index >= 15 is 0 Å². The first-order valence-corrected chi connectivity index (χ1v) is 10.5. The number of carbonyl (C=O) groups excluding carboxylic acids is 1. The lowest BCUT2D eigenvalue weighted by molar-refractivity contribution is 0.0956. The van der Waals surface area contributed by atoms with E-state index in [-0.39, 0.29) is 23.4 Å². The van der Waals surface area contributed by atoms with Crippen LogP contribution in [0.1, 0.15) is 58.9 Å². The van der Waals surface area contributed by atoms with Crippen LogP contribution in [0, 0.1) is 5.82 Å². The van der Waals surface area contributed by atoms with Gasteiger partial charge in [0.25, 0.3) is 0 Å². The summed E-state index contributed by atoms with van der Waals surface area (Å²) < 4.78 is 15.2. The highest BCUT2D eigenvalue weighted by Crippen LogP contribution is 2.37. The predicted octanol–water partition coefficient (Wildman–Crippen LogP) is 5.03. The van der Waals surface area contributed by atoms with Crippen molar-refractivity contribution in [3.63, 3.8) is 0 Å². The number of hydrogen-bond donors (Lipinski definition) is 0. The largest absolute Gasteiger partial charge is 0.292 e. The Morgan fingerprint density at radius 3 is 2.62 bits per heavy atom. The van der Waals surface area contributed by atoms with Crippen molar-refractivity contribution in [2.24, 2.45) is 0 Å². The molecule has 0 amide bonds. The molecule has 0 radical (unpaired) electrons. The van der Waals surface area contributed by atoms with Gasteiger partial charge < -0.3 is 0 Å². The number of thiophene rings is 1. The van der Waals surface area contributed by atoms with Crippen LogP contribution in [0.25, 0.3) is 16.8 Å². The fourth-order valence-corrected chi connectivity index (χ4v) is 4.84. The Morgan fingerprint density at radius 2 is 1.93 bits per heavy atom. The van der Waals surface area contributed by atoms with E-state index in [1.54, 1.807) is 28.0 Å². The molecular formula is C22H19FN4OS. The first-order chi connectivity index (χ1) is 14.0. The third kappa shape index (κ3) is 2.97. The normalized spacial score (nSPS) is 16.6. The van der Waals surface area contributed by atoms with E-state index in [4.69, 9.17) is 5.10 Å². The molecule has 0 saturated carbocycles. The molecule has 1 aromatic carbocycles. The highest BCUT2D eigenvalue weighted by Gasteiger charge is 2.32. The molecule has 0 fully saturated rings. The highest BCUT2D eigenvalue weighted by atomic mass is 32.1. The van der Waals surface area contributed by atoms with Gasteiger partial charge in [0.2, 0.25) is 0 Å². The molecule has 0 aliphatic heterocycles. The number of benzene rings is 1. The molecule has 0 bridgehead atoms. The minimum atomic E-state index is -0.288. The van der Waals surface area contributed by atoms with Crippen LogP contribution in [0.5, 0.6) is 0 Å². The number of rotatable bonds is 3. The molecule has 5 rings (SSSR count). The maximum Gasteiger partial charge on any atom is 0.185 e. The molecule has 146 valence electrons. The summed E-state index contributed by atoms with van der Waals surface area (Å²) in [5.74, 6) is -0.0173. The van der Waals surface area contributed by atoms with Crippen molar-refractivity contribution in [1.82, 2.24) is 19.8 Å². The summed E-state index contributed by atoms with van der Waals surface area (Å²) in [5.41, 5.74) is 4.38. The Bertz CT molecular complexity index is 1210. The average molecular weight is 406 g/mol. The number of halogens is 1. The van der Waals surface area contributed by atoms with Crippen molar-refractivity contribution in [3.05, 3.63) is 69.6 Å². The number of fused-ring (bicyclic) bond motifs is 3. The summed E-state index contributed by atoms with van der Waals surface area (Å²) in [7, 11) is 0. The van der Waals surface area contributed by atoms with E-state index in [2.05, 4.69) is 30.1 Å². The molecule has 3 heterocycles. The van der Waals surface area contributed by atoms with E-state index in [0.717, 1.165) is 22.5 Å². The van der Waals surface area contributed by atoms with Gasteiger partial charge in [-0.3, -0.25) is 4.79 Å². The zero-order valence-corrected chi connectivity index (χ0v) is 16.9. The third-order valence-corrected chi connectivity index (χ3v) is 6.46. The molecule has 4 aromatic rings. The van der Waals surface area contributed by atoms with Gasteiger partial charge in [-0.2, -0.15) is 5.10 Å². The van der Waals surface area contributed by atoms with Crippen molar-refractivity contribution in [2.45, 2.75) is 38.5 Å². The highest BCUT2D eigenvalue weighted by molar-refractivity contribution is 7.10. The summed E-state index contributed by atoms with van der Waals surface area (Å²) in [6.07, 6.45) is 1.13. The zero-order chi connectivity index (χ0) is 20.1. The first kappa shape index (κ1) is 18.1. The quantitative estimate of drug-likeness (QED) is 0.479. The van der Waals surface area contributed by atoms with Gasteiger partial charge in [-0.25, -0.2) is 8.91 Å². The van der Waals surface area contributed by atoms with Crippen molar-refractivity contribution in [3.8, 4) is 11.1 Å². The van der Waals surface area contributed by atoms with Gasteiger partial charge in [-0.05, 0) is 35.1 Å². The molecule has 0 N–H and O–H groups in total. The van der Waals surface area contributed by atoms with E-state index < -0.39 is 0 Å². The van der Waals surface area contributed by atoms with Gasteiger partial charge >= 0.3 is 0 Å². The standard InChI is InChI=1S/C22H19FN4OS/c1-12(2)20-19(13-5-7-15(23)8-6-13)22-25-24-21-16(27(22)26-20)10-14(11-17(21)28)18-4-3-9-29-18/h3-9,12,14H,10-11H2,1-2H3/t14-/m0/s1. The number of nitrogens with zero attached hydrogens (tertiary/aromatic N) is 4. The number of aromatic nitrogens is 4. The summed E-state index contributed by atoms with van der Waals surface area (Å²) in [4.78, 5) is 14.0. The van der Waals surface area contributed by atoms with Gasteiger partial charge in [0.05, 0.1) is 17.0 Å². The molecule has 7 heteroatoms. The van der Waals surface area contributed by atoms with Crippen molar-refractivity contribution >= 4 is 22.8 Å². The van der Waals surface area contributed by atoms with Gasteiger partial charge in [-0.15, -0.1) is 21.5 Å². The zero-order valence-electron chi connectivity index (χ0n) is 16.1. The Morgan fingerprint density at radius 1 is 1.14 bits per heavy atom. The van der Waals surface area contributed by atoms with E-state index in [1.807, 2.05) is 11.4 Å².